The summed E-state index contributed by atoms with van der Waals surface area (Å²) in [6.45, 7) is 3.36. The zero-order valence-corrected chi connectivity index (χ0v) is 17.3. The molecule has 1 amide bonds. The first-order valence-corrected chi connectivity index (χ1v) is 9.02. The van der Waals surface area contributed by atoms with E-state index < -0.39 is 0 Å². The summed E-state index contributed by atoms with van der Waals surface area (Å²) >= 11 is 2.01. The fourth-order valence-corrected chi connectivity index (χ4v) is 3.55. The van der Waals surface area contributed by atoms with Gasteiger partial charge in [0.05, 0.1) is 0 Å². The number of nitrogens with one attached hydrogen (secondary N) is 3. The maximum Gasteiger partial charge on any atom is 0.227 e. The molecule has 1 atom stereocenters. The van der Waals surface area contributed by atoms with Gasteiger partial charge in [0.2, 0.25) is 5.91 Å². The normalized spacial score (nSPS) is 17.1. The van der Waals surface area contributed by atoms with Gasteiger partial charge in [-0.1, -0.05) is 6.07 Å². The number of aromatic nitrogens is 1. The lowest BCUT2D eigenvalue weighted by Crippen LogP contribution is -2.41. The third-order valence-corrected chi connectivity index (χ3v) is 4.94. The summed E-state index contributed by atoms with van der Waals surface area (Å²) in [5.74, 6) is 2.54. The Hall–Kier alpha value is -1.03. The van der Waals surface area contributed by atoms with E-state index in [1.165, 1.54) is 18.6 Å². The van der Waals surface area contributed by atoms with E-state index in [0.29, 0.717) is 24.0 Å². The number of halogens is 1. The van der Waals surface area contributed by atoms with Crippen molar-refractivity contribution in [1.82, 2.24) is 15.6 Å². The lowest BCUT2D eigenvalue weighted by atomic mass is 10.2. The molecule has 134 valence electrons. The van der Waals surface area contributed by atoms with Gasteiger partial charge in [0, 0.05) is 37.5 Å². The number of thioether (sulfide) groups is 1. The molecule has 1 saturated heterocycles. The molecule has 2 heterocycles. The average molecular weight is 463 g/mol. The maximum absolute atomic E-state index is 11.9. The van der Waals surface area contributed by atoms with Gasteiger partial charge in [-0.2, -0.15) is 11.8 Å². The Labute approximate surface area is 165 Å². The second-order valence-electron chi connectivity index (χ2n) is 5.48. The number of hydrogen-bond acceptors (Lipinski definition) is 4. The van der Waals surface area contributed by atoms with E-state index in [2.05, 4.69) is 25.9 Å². The van der Waals surface area contributed by atoms with Gasteiger partial charge in [0.25, 0.3) is 0 Å². The van der Waals surface area contributed by atoms with Crippen LogP contribution in [-0.2, 0) is 4.79 Å². The van der Waals surface area contributed by atoms with E-state index in [4.69, 9.17) is 0 Å². The Kier molecular flexibility index (Phi) is 10.1. The molecule has 1 aromatic heterocycles. The van der Waals surface area contributed by atoms with Crippen LogP contribution in [0.1, 0.15) is 25.0 Å². The molecule has 0 bridgehead atoms. The van der Waals surface area contributed by atoms with Gasteiger partial charge in [-0.15, -0.1) is 24.0 Å². The average Bonchev–Trinajstić information content (AvgIpc) is 3.04. The summed E-state index contributed by atoms with van der Waals surface area (Å²) in [6, 6.07) is 5.57. The Morgan fingerprint density at radius 1 is 1.42 bits per heavy atom. The van der Waals surface area contributed by atoms with Crippen molar-refractivity contribution < 1.29 is 4.79 Å². The van der Waals surface area contributed by atoms with Gasteiger partial charge < -0.3 is 16.0 Å². The number of aliphatic imine (C=N–C) groups is 1. The minimum Gasteiger partial charge on any atom is -0.356 e. The molecular formula is C16H26IN5OS. The number of carbonyl (C=O) groups is 1. The molecule has 1 aliphatic rings. The van der Waals surface area contributed by atoms with E-state index in [1.807, 2.05) is 30.8 Å². The summed E-state index contributed by atoms with van der Waals surface area (Å²) in [4.78, 5) is 20.3. The van der Waals surface area contributed by atoms with E-state index in [1.54, 1.807) is 13.1 Å². The summed E-state index contributed by atoms with van der Waals surface area (Å²) in [5.41, 5.74) is 0.885. The highest BCUT2D eigenvalue weighted by Gasteiger charge is 2.15. The number of aryl methyl sites for hydroxylation is 1. The van der Waals surface area contributed by atoms with Gasteiger partial charge in [-0.3, -0.25) is 9.79 Å². The van der Waals surface area contributed by atoms with Crippen molar-refractivity contribution in [3.05, 3.63) is 23.9 Å². The predicted octanol–water partition coefficient (Wildman–Crippen LogP) is 2.40. The van der Waals surface area contributed by atoms with Crippen LogP contribution in [0.25, 0.3) is 0 Å². The lowest BCUT2D eigenvalue weighted by molar-refractivity contribution is -0.116. The third kappa shape index (κ3) is 7.69. The van der Waals surface area contributed by atoms with Crippen molar-refractivity contribution in [2.24, 2.45) is 4.99 Å². The molecular weight excluding hydrogens is 437 g/mol. The molecule has 0 aliphatic carbocycles. The second kappa shape index (κ2) is 11.5. The van der Waals surface area contributed by atoms with Crippen LogP contribution in [0.15, 0.2) is 23.2 Å². The van der Waals surface area contributed by atoms with Crippen LogP contribution in [0.2, 0.25) is 0 Å². The van der Waals surface area contributed by atoms with Gasteiger partial charge >= 0.3 is 0 Å². The molecule has 6 nitrogen and oxygen atoms in total. The van der Waals surface area contributed by atoms with Gasteiger partial charge in [0.1, 0.15) is 5.82 Å². The monoisotopic (exact) mass is 463 g/mol. The summed E-state index contributed by atoms with van der Waals surface area (Å²) < 4.78 is 0. The van der Waals surface area contributed by atoms with Gasteiger partial charge in [0.15, 0.2) is 5.96 Å². The standard InChI is InChI=1S/C16H25N5OS.HI/c1-12-5-3-7-14(20-12)21-15(22)8-9-18-16(17-2)19-11-13-6-4-10-23-13;/h3,5,7,13H,4,6,8-11H2,1-2H3,(H2,17,18,19)(H,20,21,22);1H. The number of rotatable bonds is 6. The first-order valence-electron chi connectivity index (χ1n) is 7.97. The maximum atomic E-state index is 11.9. The highest BCUT2D eigenvalue weighted by molar-refractivity contribution is 14.0. The molecule has 1 fully saturated rings. The number of guanidine groups is 1. The fraction of sp³-hybridized carbons (Fsp3) is 0.562. The van der Waals surface area contributed by atoms with Crippen LogP contribution in [-0.4, -0.2) is 48.0 Å². The van der Waals surface area contributed by atoms with Crippen molar-refractivity contribution in [1.29, 1.82) is 0 Å². The zero-order chi connectivity index (χ0) is 16.5. The number of amides is 1. The zero-order valence-electron chi connectivity index (χ0n) is 14.2. The van der Waals surface area contributed by atoms with Crippen molar-refractivity contribution in [2.75, 3.05) is 31.2 Å². The molecule has 2 rings (SSSR count). The minimum absolute atomic E-state index is 0. The minimum atomic E-state index is -0.0580. The van der Waals surface area contributed by atoms with E-state index in [-0.39, 0.29) is 29.9 Å². The van der Waals surface area contributed by atoms with Crippen LogP contribution < -0.4 is 16.0 Å². The summed E-state index contributed by atoms with van der Waals surface area (Å²) in [5, 5.41) is 9.95. The Balaban J connectivity index is 0.00000288. The van der Waals surface area contributed by atoms with Crippen molar-refractivity contribution in [2.45, 2.75) is 31.4 Å². The Bertz CT molecular complexity index is 549. The molecule has 1 aromatic rings. The van der Waals surface area contributed by atoms with Crippen molar-refractivity contribution >= 4 is 53.4 Å². The highest BCUT2D eigenvalue weighted by Crippen LogP contribution is 2.25. The quantitative estimate of drug-likeness (QED) is 0.343. The molecule has 1 aliphatic heterocycles. The molecule has 0 aromatic carbocycles. The van der Waals surface area contributed by atoms with Crippen molar-refractivity contribution in [3.63, 3.8) is 0 Å². The molecule has 0 spiro atoms. The molecule has 0 radical (unpaired) electrons. The second-order valence-corrected chi connectivity index (χ2v) is 6.89. The van der Waals surface area contributed by atoms with Crippen LogP contribution in [0.3, 0.4) is 0 Å². The molecule has 0 saturated carbocycles. The summed E-state index contributed by atoms with van der Waals surface area (Å²) in [6.07, 6.45) is 2.94. The molecule has 3 N–H and O–H groups in total. The number of pyridine rings is 1. The first-order chi connectivity index (χ1) is 11.2. The molecule has 1 unspecified atom stereocenters. The fourth-order valence-electron chi connectivity index (χ4n) is 2.35. The third-order valence-electron chi connectivity index (χ3n) is 3.55. The van der Waals surface area contributed by atoms with Gasteiger partial charge in [-0.25, -0.2) is 4.98 Å². The SMILES string of the molecule is CN=C(NCCC(=O)Nc1cccc(C)n1)NCC1CCCS1.I. The first kappa shape index (κ1) is 21.0. The summed E-state index contributed by atoms with van der Waals surface area (Å²) in [7, 11) is 1.74. The lowest BCUT2D eigenvalue weighted by Gasteiger charge is -2.14. The van der Waals surface area contributed by atoms with Crippen LogP contribution in [0, 0.1) is 6.92 Å². The Morgan fingerprint density at radius 2 is 2.25 bits per heavy atom. The van der Waals surface area contributed by atoms with Crippen LogP contribution >= 0.6 is 35.7 Å². The number of hydrogen-bond donors (Lipinski definition) is 3. The largest absolute Gasteiger partial charge is 0.356 e. The van der Waals surface area contributed by atoms with E-state index >= 15 is 0 Å². The van der Waals surface area contributed by atoms with Crippen molar-refractivity contribution in [3.8, 4) is 0 Å². The Morgan fingerprint density at radius 3 is 2.92 bits per heavy atom. The number of anilines is 1. The smallest absolute Gasteiger partial charge is 0.227 e. The number of carbonyl (C=O) groups excluding carboxylic acids is 1. The van der Waals surface area contributed by atoms with E-state index in [0.717, 1.165) is 18.2 Å². The number of nitrogens with zero attached hydrogens (tertiary/aromatic N) is 2. The topological polar surface area (TPSA) is 78.4 Å². The van der Waals surface area contributed by atoms with Crippen LogP contribution in [0.4, 0.5) is 5.82 Å². The predicted molar refractivity (Wildman–Crippen MR) is 112 cm³/mol. The molecule has 24 heavy (non-hydrogen) atoms. The highest BCUT2D eigenvalue weighted by atomic mass is 127. The van der Waals surface area contributed by atoms with E-state index in [9.17, 15) is 4.79 Å². The van der Waals surface area contributed by atoms with Gasteiger partial charge in [-0.05, 0) is 37.7 Å². The van der Waals surface area contributed by atoms with Crippen LogP contribution in [0.5, 0.6) is 0 Å². The molecule has 8 heteroatoms.